The van der Waals surface area contributed by atoms with E-state index in [-0.39, 0.29) is 16.5 Å². The molecule has 0 amide bonds. The molecule has 3 aromatic rings. The van der Waals surface area contributed by atoms with Gasteiger partial charge in [-0.3, -0.25) is 4.79 Å². The van der Waals surface area contributed by atoms with Crippen LogP contribution in [0.5, 0.6) is 0 Å². The quantitative estimate of drug-likeness (QED) is 0.770. The third kappa shape index (κ3) is 1.85. The lowest BCUT2D eigenvalue weighted by molar-refractivity contribution is 0.0693. The van der Waals surface area contributed by atoms with Gasteiger partial charge in [0.25, 0.3) is 0 Å². The van der Waals surface area contributed by atoms with Gasteiger partial charge in [0.05, 0.1) is 10.9 Å². The van der Waals surface area contributed by atoms with Crippen molar-refractivity contribution in [2.45, 2.75) is 0 Å². The highest BCUT2D eigenvalue weighted by Crippen LogP contribution is 2.17. The zero-order valence-electron chi connectivity index (χ0n) is 10.4. The smallest absolute Gasteiger partial charge is 0.355 e. The van der Waals surface area contributed by atoms with E-state index in [0.29, 0.717) is 5.52 Å². The summed E-state index contributed by atoms with van der Waals surface area (Å²) in [6.07, 6.45) is 3.02. The first kappa shape index (κ1) is 12.1. The molecule has 1 N–H and O–H groups in total. The summed E-state index contributed by atoms with van der Waals surface area (Å²) in [5.74, 6) is -1.21. The molecule has 3 rings (SSSR count). The van der Waals surface area contributed by atoms with Crippen LogP contribution in [0.25, 0.3) is 16.6 Å². The number of aromatic nitrogens is 2. The van der Waals surface area contributed by atoms with Crippen LogP contribution in [0.1, 0.15) is 10.5 Å². The molecule has 2 heterocycles. The number of nitrogens with zero attached hydrogens (tertiary/aromatic N) is 2. The van der Waals surface area contributed by atoms with E-state index in [1.54, 1.807) is 16.8 Å². The molecule has 0 fully saturated rings. The Hall–Kier alpha value is -2.95. The average molecular weight is 266 g/mol. The van der Waals surface area contributed by atoms with Crippen LogP contribution >= 0.6 is 0 Å². The molecule has 20 heavy (non-hydrogen) atoms. The van der Waals surface area contributed by atoms with Crippen LogP contribution in [0.4, 0.5) is 0 Å². The van der Waals surface area contributed by atoms with Gasteiger partial charge in [-0.25, -0.2) is 9.78 Å². The molecule has 0 bridgehead atoms. The lowest BCUT2D eigenvalue weighted by Crippen LogP contribution is -2.13. The van der Waals surface area contributed by atoms with E-state index >= 15 is 0 Å². The normalized spacial score (nSPS) is 10.6. The van der Waals surface area contributed by atoms with Gasteiger partial charge in [0.2, 0.25) is 0 Å². The number of pyridine rings is 2. The van der Waals surface area contributed by atoms with Crippen molar-refractivity contribution in [3.63, 3.8) is 0 Å². The van der Waals surface area contributed by atoms with Gasteiger partial charge in [-0.2, -0.15) is 0 Å². The molecule has 0 spiro atoms. The second-order valence-electron chi connectivity index (χ2n) is 4.24. The predicted molar refractivity (Wildman–Crippen MR) is 74.3 cm³/mol. The minimum absolute atomic E-state index is 0.117. The molecular weight excluding hydrogens is 256 g/mol. The first-order chi connectivity index (χ1) is 9.68. The van der Waals surface area contributed by atoms with Crippen molar-refractivity contribution in [3.05, 3.63) is 70.8 Å². The molecule has 0 radical (unpaired) electrons. The summed E-state index contributed by atoms with van der Waals surface area (Å²) in [7, 11) is 0. The Balaban J connectivity index is 2.43. The second-order valence-corrected chi connectivity index (χ2v) is 4.24. The van der Waals surface area contributed by atoms with E-state index in [0.717, 1.165) is 5.69 Å². The Morgan fingerprint density at radius 1 is 1.10 bits per heavy atom. The van der Waals surface area contributed by atoms with Crippen LogP contribution in [-0.4, -0.2) is 20.6 Å². The van der Waals surface area contributed by atoms with Crippen LogP contribution in [0.3, 0.4) is 0 Å². The number of carbonyl (C=O) groups is 1. The third-order valence-electron chi connectivity index (χ3n) is 3.05. The van der Waals surface area contributed by atoms with Crippen LogP contribution in [0, 0.1) is 0 Å². The summed E-state index contributed by atoms with van der Waals surface area (Å²) in [5.41, 5.74) is 0.798. The summed E-state index contributed by atoms with van der Waals surface area (Å²) >= 11 is 0. The Labute approximate surface area is 113 Å². The van der Waals surface area contributed by atoms with Crippen molar-refractivity contribution in [1.82, 2.24) is 9.55 Å². The highest BCUT2D eigenvalue weighted by Gasteiger charge is 2.14. The maximum Gasteiger partial charge on any atom is 0.355 e. The molecule has 0 aliphatic heterocycles. The largest absolute Gasteiger partial charge is 0.476 e. The Morgan fingerprint density at radius 3 is 2.55 bits per heavy atom. The summed E-state index contributed by atoms with van der Waals surface area (Å²) in [4.78, 5) is 27.0. The van der Waals surface area contributed by atoms with Gasteiger partial charge in [-0.15, -0.1) is 0 Å². The van der Waals surface area contributed by atoms with Gasteiger partial charge < -0.3 is 9.67 Å². The molecule has 1 aromatic carbocycles. The van der Waals surface area contributed by atoms with Crippen LogP contribution in [0.15, 0.2) is 59.7 Å². The number of fused-ring (bicyclic) bond motifs is 1. The van der Waals surface area contributed by atoms with Crippen molar-refractivity contribution in [2.75, 3.05) is 0 Å². The summed E-state index contributed by atoms with van der Waals surface area (Å²) in [6.45, 7) is 0. The van der Waals surface area contributed by atoms with E-state index < -0.39 is 5.97 Å². The zero-order chi connectivity index (χ0) is 14.1. The summed E-state index contributed by atoms with van der Waals surface area (Å²) in [6, 6.07) is 12.4. The SMILES string of the molecule is O=C(O)c1nccc2c1c(=O)ccn2-c1ccccc1. The Kier molecular flexibility index (Phi) is 2.80. The van der Waals surface area contributed by atoms with E-state index in [4.69, 9.17) is 5.11 Å². The molecule has 98 valence electrons. The molecule has 0 atom stereocenters. The van der Waals surface area contributed by atoms with E-state index in [2.05, 4.69) is 4.98 Å². The van der Waals surface area contributed by atoms with E-state index in [9.17, 15) is 9.59 Å². The highest BCUT2D eigenvalue weighted by molar-refractivity contribution is 6.00. The lowest BCUT2D eigenvalue weighted by atomic mass is 10.1. The molecule has 0 saturated carbocycles. The fourth-order valence-corrected chi connectivity index (χ4v) is 2.18. The monoisotopic (exact) mass is 266 g/mol. The fraction of sp³-hybridized carbons (Fsp3) is 0. The Bertz CT molecular complexity index is 854. The minimum atomic E-state index is -1.21. The third-order valence-corrected chi connectivity index (χ3v) is 3.05. The fourth-order valence-electron chi connectivity index (χ4n) is 2.18. The minimum Gasteiger partial charge on any atom is -0.476 e. The van der Waals surface area contributed by atoms with Gasteiger partial charge in [-0.05, 0) is 18.2 Å². The molecule has 0 aliphatic rings. The number of carboxylic acids is 1. The van der Waals surface area contributed by atoms with Crippen molar-refractivity contribution >= 4 is 16.9 Å². The maximum absolute atomic E-state index is 12.0. The van der Waals surface area contributed by atoms with Gasteiger partial charge in [0.1, 0.15) is 0 Å². The first-order valence-electron chi connectivity index (χ1n) is 5.97. The van der Waals surface area contributed by atoms with Gasteiger partial charge >= 0.3 is 5.97 Å². The van der Waals surface area contributed by atoms with Crippen LogP contribution in [-0.2, 0) is 0 Å². The van der Waals surface area contributed by atoms with Crippen molar-refractivity contribution in [2.24, 2.45) is 0 Å². The highest BCUT2D eigenvalue weighted by atomic mass is 16.4. The number of carboxylic acid groups (broad SMARTS) is 1. The first-order valence-corrected chi connectivity index (χ1v) is 5.97. The molecule has 5 nitrogen and oxygen atoms in total. The molecule has 0 unspecified atom stereocenters. The second kappa shape index (κ2) is 4.62. The molecular formula is C15H10N2O3. The molecule has 0 aliphatic carbocycles. The maximum atomic E-state index is 12.0. The number of aromatic carboxylic acids is 1. The summed E-state index contributed by atoms with van der Waals surface area (Å²) in [5, 5.41) is 9.28. The number of hydrogen-bond donors (Lipinski definition) is 1. The molecule has 2 aromatic heterocycles. The number of para-hydroxylation sites is 1. The average Bonchev–Trinajstić information content (AvgIpc) is 2.48. The van der Waals surface area contributed by atoms with Gasteiger partial charge in [0.15, 0.2) is 11.1 Å². The standard InChI is InChI=1S/C15H10N2O3/c18-12-7-9-17(10-4-2-1-3-5-10)11-6-8-16-14(13(11)12)15(19)20/h1-9H,(H,19,20). The van der Waals surface area contributed by atoms with Crippen LogP contribution in [0.2, 0.25) is 0 Å². The molecule has 5 heteroatoms. The zero-order valence-corrected chi connectivity index (χ0v) is 10.4. The molecule has 0 saturated heterocycles. The van der Waals surface area contributed by atoms with Crippen molar-refractivity contribution < 1.29 is 9.90 Å². The van der Waals surface area contributed by atoms with Crippen molar-refractivity contribution in [3.8, 4) is 5.69 Å². The number of rotatable bonds is 2. The van der Waals surface area contributed by atoms with Crippen LogP contribution < -0.4 is 5.43 Å². The number of hydrogen-bond acceptors (Lipinski definition) is 3. The lowest BCUT2D eigenvalue weighted by Gasteiger charge is -2.11. The van der Waals surface area contributed by atoms with Gasteiger partial charge in [-0.1, -0.05) is 18.2 Å². The van der Waals surface area contributed by atoms with Crippen molar-refractivity contribution in [1.29, 1.82) is 0 Å². The number of benzene rings is 1. The Morgan fingerprint density at radius 2 is 1.85 bits per heavy atom. The van der Waals surface area contributed by atoms with E-state index in [1.807, 2.05) is 30.3 Å². The topological polar surface area (TPSA) is 72.2 Å². The summed E-state index contributed by atoms with van der Waals surface area (Å²) < 4.78 is 1.77. The van der Waals surface area contributed by atoms with Gasteiger partial charge in [0, 0.05) is 24.1 Å². The predicted octanol–water partition coefficient (Wildman–Crippen LogP) is 2.08. The van der Waals surface area contributed by atoms with E-state index in [1.165, 1.54) is 12.3 Å².